The van der Waals surface area contributed by atoms with Gasteiger partial charge in [-0.15, -0.1) is 0 Å². The summed E-state index contributed by atoms with van der Waals surface area (Å²) in [4.78, 5) is 67.7. The lowest BCUT2D eigenvalue weighted by Gasteiger charge is -2.23. The normalized spacial score (nSPS) is 13.9. The molecule has 212 valence electrons. The maximum atomic E-state index is 13.0. The van der Waals surface area contributed by atoms with Crippen LogP contribution in [0, 0.1) is 0 Å². The van der Waals surface area contributed by atoms with Gasteiger partial charge in [0.1, 0.15) is 18.1 Å². The van der Waals surface area contributed by atoms with Crippen molar-refractivity contribution in [1.82, 2.24) is 20.9 Å². The van der Waals surface area contributed by atoms with Crippen LogP contribution < -0.4 is 38.9 Å². The average Bonchev–Trinajstić information content (AvgIpc) is 3.27. The zero-order valence-corrected chi connectivity index (χ0v) is 21.5. The summed E-state index contributed by atoms with van der Waals surface area (Å²) in [6, 6.07) is 2.69. The highest BCUT2D eigenvalue weighted by Gasteiger charge is 2.29. The first-order valence-electron chi connectivity index (χ1n) is 12.2. The van der Waals surface area contributed by atoms with Gasteiger partial charge in [0, 0.05) is 23.6 Å². The molecule has 1 aromatic heterocycles. The number of aromatic amines is 1. The van der Waals surface area contributed by atoms with Crippen LogP contribution in [0.25, 0.3) is 10.9 Å². The van der Waals surface area contributed by atoms with Crippen LogP contribution in [0.15, 0.2) is 35.5 Å². The number of carboxylic acid groups (broad SMARTS) is 1. The van der Waals surface area contributed by atoms with Gasteiger partial charge in [0.2, 0.25) is 23.6 Å². The Morgan fingerprint density at radius 1 is 0.974 bits per heavy atom. The Morgan fingerprint density at radius 3 is 2.28 bits per heavy atom. The molecule has 4 atom stereocenters. The van der Waals surface area contributed by atoms with Crippen LogP contribution in [-0.2, 0) is 30.4 Å². The van der Waals surface area contributed by atoms with Gasteiger partial charge in [-0.3, -0.25) is 24.2 Å². The van der Waals surface area contributed by atoms with E-state index in [-0.39, 0.29) is 25.3 Å². The maximum absolute atomic E-state index is 13.0. The molecule has 15 nitrogen and oxygen atoms in total. The largest absolute Gasteiger partial charge is 0.480 e. The number of nitrogens with one attached hydrogen (secondary N) is 4. The Kier molecular flexibility index (Phi) is 11.2. The highest BCUT2D eigenvalue weighted by Crippen LogP contribution is 2.18. The number of aliphatic carboxylic acids is 1. The van der Waals surface area contributed by atoms with Crippen molar-refractivity contribution in [3.05, 3.63) is 36.0 Å². The summed E-state index contributed by atoms with van der Waals surface area (Å²) in [5, 5.41) is 17.3. The Labute approximate surface area is 224 Å². The summed E-state index contributed by atoms with van der Waals surface area (Å²) in [5.41, 5.74) is 23.5. The van der Waals surface area contributed by atoms with Crippen molar-refractivity contribution in [2.45, 2.75) is 56.8 Å². The number of aromatic nitrogens is 1. The van der Waals surface area contributed by atoms with Crippen LogP contribution in [0.5, 0.6) is 0 Å². The number of carbonyl (C=O) groups excluding carboxylic acids is 4. The molecular weight excluding hydrogens is 510 g/mol. The molecule has 2 rings (SSSR count). The van der Waals surface area contributed by atoms with E-state index in [4.69, 9.17) is 22.9 Å². The summed E-state index contributed by atoms with van der Waals surface area (Å²) >= 11 is 0. The minimum atomic E-state index is -1.56. The standard InChI is InChI=1S/C24H35N9O6/c1-12(20(35)33-18(23(38)39)10-19(26)34)31-22(37)17(7-4-8-29-24(27)28)32-21(36)15(25)9-13-11-30-16-6-3-2-5-14(13)16/h2-3,5-6,11-12,15,17-18,30H,4,7-10,25H2,1H3,(H2,26,34)(H,31,37)(H,32,36)(H,33,35)(H,38,39)(H4,27,28,29). The fourth-order valence-corrected chi connectivity index (χ4v) is 3.76. The van der Waals surface area contributed by atoms with Gasteiger partial charge in [-0.05, 0) is 37.8 Å². The zero-order valence-electron chi connectivity index (χ0n) is 21.5. The Hall–Kier alpha value is -4.66. The number of nitrogens with zero attached hydrogens (tertiary/aromatic N) is 1. The first-order valence-corrected chi connectivity index (χ1v) is 12.2. The van der Waals surface area contributed by atoms with Gasteiger partial charge in [0.25, 0.3) is 0 Å². The summed E-state index contributed by atoms with van der Waals surface area (Å²) in [6.45, 7) is 1.50. The van der Waals surface area contributed by atoms with E-state index in [0.29, 0.717) is 6.42 Å². The Balaban J connectivity index is 2.07. The molecule has 0 saturated carbocycles. The second-order valence-corrected chi connectivity index (χ2v) is 8.98. The summed E-state index contributed by atoms with van der Waals surface area (Å²) < 4.78 is 0. The zero-order chi connectivity index (χ0) is 29.1. The number of primary amides is 1. The molecule has 15 heteroatoms. The molecule has 4 unspecified atom stereocenters. The number of rotatable bonds is 15. The number of hydrogen-bond acceptors (Lipinski definition) is 7. The van der Waals surface area contributed by atoms with Gasteiger partial charge >= 0.3 is 5.97 Å². The molecule has 0 spiro atoms. The van der Waals surface area contributed by atoms with Gasteiger partial charge < -0.3 is 49.0 Å². The molecule has 2 aromatic rings. The number of hydrogen-bond donors (Lipinski definition) is 9. The van der Waals surface area contributed by atoms with Crippen molar-refractivity contribution in [2.24, 2.45) is 27.9 Å². The van der Waals surface area contributed by atoms with Gasteiger partial charge in [0.05, 0.1) is 12.5 Å². The molecule has 0 aliphatic carbocycles. The van der Waals surface area contributed by atoms with E-state index < -0.39 is 60.2 Å². The lowest BCUT2D eigenvalue weighted by molar-refractivity contribution is -0.143. The van der Waals surface area contributed by atoms with Crippen LogP contribution in [-0.4, -0.2) is 76.4 Å². The minimum Gasteiger partial charge on any atom is -0.480 e. The third-order valence-corrected chi connectivity index (χ3v) is 5.80. The number of benzene rings is 1. The summed E-state index contributed by atoms with van der Waals surface area (Å²) in [7, 11) is 0. The van der Waals surface area contributed by atoms with Crippen LogP contribution >= 0.6 is 0 Å². The van der Waals surface area contributed by atoms with E-state index >= 15 is 0 Å². The molecule has 0 bridgehead atoms. The van der Waals surface area contributed by atoms with Crippen molar-refractivity contribution >= 4 is 46.5 Å². The fraction of sp³-hybridized carbons (Fsp3) is 0.417. The maximum Gasteiger partial charge on any atom is 0.326 e. The number of carboxylic acids is 1. The number of aliphatic imine (C=N–C) groups is 1. The molecule has 0 saturated heterocycles. The molecule has 0 aliphatic rings. The molecule has 1 heterocycles. The lowest BCUT2D eigenvalue weighted by atomic mass is 10.0. The van der Waals surface area contributed by atoms with E-state index in [0.717, 1.165) is 16.5 Å². The number of amides is 4. The molecule has 1 aromatic carbocycles. The van der Waals surface area contributed by atoms with Gasteiger partial charge in [-0.1, -0.05) is 18.2 Å². The van der Waals surface area contributed by atoms with Crippen LogP contribution in [0.1, 0.15) is 31.7 Å². The first kappa shape index (κ1) is 30.6. The third kappa shape index (κ3) is 9.62. The highest BCUT2D eigenvalue weighted by atomic mass is 16.4. The van der Waals surface area contributed by atoms with Crippen molar-refractivity contribution in [2.75, 3.05) is 6.54 Å². The molecule has 39 heavy (non-hydrogen) atoms. The topological polar surface area (TPSA) is 274 Å². The van der Waals surface area contributed by atoms with E-state index in [9.17, 15) is 29.1 Å². The van der Waals surface area contributed by atoms with Crippen molar-refractivity contribution < 1.29 is 29.1 Å². The molecular formula is C24H35N9O6. The number of para-hydroxylation sites is 1. The van der Waals surface area contributed by atoms with E-state index in [1.165, 1.54) is 6.92 Å². The number of H-pyrrole nitrogens is 1. The van der Waals surface area contributed by atoms with E-state index in [1.54, 1.807) is 6.20 Å². The second-order valence-electron chi connectivity index (χ2n) is 8.98. The number of carbonyl (C=O) groups is 5. The average molecular weight is 546 g/mol. The summed E-state index contributed by atoms with van der Waals surface area (Å²) in [5.74, 6) is -4.68. The van der Waals surface area contributed by atoms with Gasteiger partial charge in [0.15, 0.2) is 5.96 Å². The number of nitrogens with two attached hydrogens (primary N) is 4. The van der Waals surface area contributed by atoms with E-state index in [1.807, 2.05) is 24.3 Å². The molecule has 4 amide bonds. The smallest absolute Gasteiger partial charge is 0.326 e. The predicted molar refractivity (Wildman–Crippen MR) is 143 cm³/mol. The van der Waals surface area contributed by atoms with E-state index in [2.05, 4.69) is 25.9 Å². The van der Waals surface area contributed by atoms with Crippen LogP contribution in [0.3, 0.4) is 0 Å². The minimum absolute atomic E-state index is 0.113. The SMILES string of the molecule is CC(NC(=O)C(CCCN=C(N)N)NC(=O)C(N)Cc1c[nH]c2ccccc12)C(=O)NC(CC(N)=O)C(=O)O. The highest BCUT2D eigenvalue weighted by molar-refractivity contribution is 5.95. The van der Waals surface area contributed by atoms with Crippen molar-refractivity contribution in [3.63, 3.8) is 0 Å². The van der Waals surface area contributed by atoms with Gasteiger partial charge in [-0.2, -0.15) is 0 Å². The Morgan fingerprint density at radius 2 is 1.64 bits per heavy atom. The van der Waals surface area contributed by atoms with Crippen LogP contribution in [0.2, 0.25) is 0 Å². The lowest BCUT2D eigenvalue weighted by Crippen LogP contribution is -2.56. The van der Waals surface area contributed by atoms with Crippen molar-refractivity contribution in [3.8, 4) is 0 Å². The molecule has 0 fully saturated rings. The molecule has 0 radical (unpaired) electrons. The first-order chi connectivity index (χ1) is 18.4. The second kappa shape index (κ2) is 14.3. The predicted octanol–water partition coefficient (Wildman–Crippen LogP) is -2.47. The monoisotopic (exact) mass is 545 g/mol. The third-order valence-electron chi connectivity index (χ3n) is 5.80. The van der Waals surface area contributed by atoms with Gasteiger partial charge in [-0.25, -0.2) is 4.79 Å². The molecule has 0 aliphatic heterocycles. The van der Waals surface area contributed by atoms with Crippen molar-refractivity contribution in [1.29, 1.82) is 0 Å². The Bertz CT molecular complexity index is 1220. The van der Waals surface area contributed by atoms with Crippen LogP contribution in [0.4, 0.5) is 0 Å². The quantitative estimate of drug-likeness (QED) is 0.0650. The number of guanidine groups is 1. The summed E-state index contributed by atoms with van der Waals surface area (Å²) in [6.07, 6.45) is 1.77. The number of fused-ring (bicyclic) bond motifs is 1. The molecule has 13 N–H and O–H groups in total. The fourth-order valence-electron chi connectivity index (χ4n) is 3.76.